The van der Waals surface area contributed by atoms with Crippen molar-refractivity contribution in [3.8, 4) is 11.9 Å². The molecule has 1 aromatic heterocycles. The Morgan fingerprint density at radius 1 is 1.19 bits per heavy atom. The van der Waals surface area contributed by atoms with Crippen LogP contribution in [0.1, 0.15) is 17.0 Å². The lowest BCUT2D eigenvalue weighted by atomic mass is 10.2. The van der Waals surface area contributed by atoms with Crippen LogP contribution in [-0.2, 0) is 0 Å². The first-order chi connectivity index (χ1) is 10.1. The summed E-state index contributed by atoms with van der Waals surface area (Å²) >= 11 is 0. The van der Waals surface area contributed by atoms with Crippen molar-refractivity contribution < 1.29 is 4.74 Å². The zero-order chi connectivity index (χ0) is 15.2. The first-order valence-electron chi connectivity index (χ1n) is 6.32. The number of hydrazone groups is 1. The molecule has 0 aliphatic carbocycles. The fraction of sp³-hybridized carbons (Fsp3) is 0.200. The highest BCUT2D eigenvalue weighted by molar-refractivity contribution is 5.80. The number of nitriles is 1. The summed E-state index contributed by atoms with van der Waals surface area (Å²) in [4.78, 5) is 8.41. The number of rotatable bonds is 4. The summed E-state index contributed by atoms with van der Waals surface area (Å²) in [6, 6.07) is 9.18. The Bertz CT molecular complexity index is 668. The third-order valence-corrected chi connectivity index (χ3v) is 2.69. The van der Waals surface area contributed by atoms with E-state index >= 15 is 0 Å². The molecule has 106 valence electrons. The first-order valence-corrected chi connectivity index (χ1v) is 6.32. The highest BCUT2D eigenvalue weighted by Gasteiger charge is 2.08. The van der Waals surface area contributed by atoms with Crippen LogP contribution in [0.3, 0.4) is 0 Å². The fourth-order valence-corrected chi connectivity index (χ4v) is 1.74. The van der Waals surface area contributed by atoms with E-state index in [4.69, 9.17) is 4.74 Å². The molecule has 0 spiro atoms. The topological polar surface area (TPSA) is 74.4 Å². The van der Waals surface area contributed by atoms with E-state index in [9.17, 15) is 5.26 Å². The average Bonchev–Trinajstić information content (AvgIpc) is 2.47. The van der Waals surface area contributed by atoms with Crippen molar-refractivity contribution in [3.63, 3.8) is 0 Å². The molecule has 0 aliphatic rings. The molecular weight excluding hydrogens is 266 g/mol. The third-order valence-electron chi connectivity index (χ3n) is 2.69. The van der Waals surface area contributed by atoms with Gasteiger partial charge in [0.1, 0.15) is 5.75 Å². The molecule has 1 aromatic carbocycles. The second-order valence-electron chi connectivity index (χ2n) is 4.38. The molecule has 2 rings (SSSR count). The molecule has 1 heterocycles. The van der Waals surface area contributed by atoms with Gasteiger partial charge in [-0.05, 0) is 49.7 Å². The Morgan fingerprint density at radius 2 is 1.81 bits per heavy atom. The standard InChI is InChI=1S/C15H15N5O/c1-11-8-12(2)19-15(18-11)20(10-16)17-9-13-4-6-14(21-3)7-5-13/h4-9H,1-3H3. The zero-order valence-electron chi connectivity index (χ0n) is 12.1. The van der Waals surface area contributed by atoms with Crippen molar-refractivity contribution in [1.82, 2.24) is 9.97 Å². The van der Waals surface area contributed by atoms with Crippen molar-refractivity contribution in [2.24, 2.45) is 5.10 Å². The van der Waals surface area contributed by atoms with Crippen LogP contribution >= 0.6 is 0 Å². The molecule has 21 heavy (non-hydrogen) atoms. The van der Waals surface area contributed by atoms with Gasteiger partial charge in [0, 0.05) is 11.4 Å². The molecule has 0 radical (unpaired) electrons. The van der Waals surface area contributed by atoms with E-state index in [0.29, 0.717) is 0 Å². The predicted octanol–water partition coefficient (Wildman–Crippen LogP) is 2.42. The summed E-state index contributed by atoms with van der Waals surface area (Å²) < 4.78 is 5.08. The number of aromatic nitrogens is 2. The molecule has 0 fully saturated rings. The molecule has 0 N–H and O–H groups in total. The van der Waals surface area contributed by atoms with Gasteiger partial charge < -0.3 is 4.74 Å². The SMILES string of the molecule is COc1ccc(C=NN(C#N)c2nc(C)cc(C)n2)cc1. The van der Waals surface area contributed by atoms with Crippen LogP contribution in [0.15, 0.2) is 35.4 Å². The van der Waals surface area contributed by atoms with Crippen molar-refractivity contribution in [1.29, 1.82) is 5.26 Å². The average molecular weight is 281 g/mol. The van der Waals surface area contributed by atoms with Gasteiger partial charge in [0.25, 0.3) is 5.95 Å². The molecule has 0 atom stereocenters. The van der Waals surface area contributed by atoms with Gasteiger partial charge in [-0.1, -0.05) is 0 Å². The summed E-state index contributed by atoms with van der Waals surface area (Å²) in [5.41, 5.74) is 2.43. The van der Waals surface area contributed by atoms with Crippen LogP contribution in [0.5, 0.6) is 5.75 Å². The molecule has 0 amide bonds. The fourth-order valence-electron chi connectivity index (χ4n) is 1.74. The maximum Gasteiger partial charge on any atom is 0.261 e. The summed E-state index contributed by atoms with van der Waals surface area (Å²) in [7, 11) is 1.61. The van der Waals surface area contributed by atoms with E-state index < -0.39 is 0 Å². The zero-order valence-corrected chi connectivity index (χ0v) is 12.1. The van der Waals surface area contributed by atoms with Crippen LogP contribution in [0.2, 0.25) is 0 Å². The van der Waals surface area contributed by atoms with Gasteiger partial charge >= 0.3 is 0 Å². The van der Waals surface area contributed by atoms with Crippen molar-refractivity contribution in [2.75, 3.05) is 12.1 Å². The number of hydrogen-bond acceptors (Lipinski definition) is 6. The number of ether oxygens (including phenoxy) is 1. The normalized spacial score (nSPS) is 10.4. The Labute approximate surface area is 123 Å². The van der Waals surface area contributed by atoms with Crippen molar-refractivity contribution in [2.45, 2.75) is 13.8 Å². The second-order valence-corrected chi connectivity index (χ2v) is 4.38. The maximum atomic E-state index is 9.18. The number of anilines is 1. The van der Waals surface area contributed by atoms with Gasteiger partial charge in [0.15, 0.2) is 0 Å². The van der Waals surface area contributed by atoms with E-state index in [1.54, 1.807) is 13.3 Å². The van der Waals surface area contributed by atoms with Crippen LogP contribution in [0.4, 0.5) is 5.95 Å². The molecule has 0 bridgehead atoms. The summed E-state index contributed by atoms with van der Waals surface area (Å²) in [5.74, 6) is 1.03. The number of aryl methyl sites for hydroxylation is 2. The van der Waals surface area contributed by atoms with E-state index in [-0.39, 0.29) is 5.95 Å². The Kier molecular flexibility index (Phi) is 4.46. The van der Waals surface area contributed by atoms with Crippen LogP contribution in [0, 0.1) is 25.3 Å². The Balaban J connectivity index is 2.21. The van der Waals surface area contributed by atoms with Crippen LogP contribution in [0.25, 0.3) is 0 Å². The largest absolute Gasteiger partial charge is 0.497 e. The van der Waals surface area contributed by atoms with Crippen LogP contribution < -0.4 is 9.75 Å². The Morgan fingerprint density at radius 3 is 2.33 bits per heavy atom. The van der Waals surface area contributed by atoms with Crippen molar-refractivity contribution in [3.05, 3.63) is 47.3 Å². The summed E-state index contributed by atoms with van der Waals surface area (Å²) in [5, 5.41) is 14.4. The van der Waals surface area contributed by atoms with E-state index in [2.05, 4.69) is 15.1 Å². The molecule has 0 unspecified atom stereocenters. The smallest absolute Gasteiger partial charge is 0.261 e. The monoisotopic (exact) mass is 281 g/mol. The summed E-state index contributed by atoms with van der Waals surface area (Å²) in [6.45, 7) is 3.70. The lowest BCUT2D eigenvalue weighted by Gasteiger charge is -2.08. The van der Waals surface area contributed by atoms with E-state index in [1.807, 2.05) is 50.4 Å². The molecule has 2 aromatic rings. The number of hydrogen-bond donors (Lipinski definition) is 0. The van der Waals surface area contributed by atoms with Gasteiger partial charge in [-0.15, -0.1) is 5.01 Å². The lowest BCUT2D eigenvalue weighted by molar-refractivity contribution is 0.415. The molecule has 0 saturated heterocycles. The number of nitrogens with zero attached hydrogens (tertiary/aromatic N) is 5. The minimum absolute atomic E-state index is 0.264. The quantitative estimate of drug-likeness (QED) is 0.372. The molecule has 0 aliphatic heterocycles. The highest BCUT2D eigenvalue weighted by Crippen LogP contribution is 2.12. The summed E-state index contributed by atoms with van der Waals surface area (Å²) in [6.07, 6.45) is 3.52. The Hall–Kier alpha value is -2.94. The highest BCUT2D eigenvalue weighted by atomic mass is 16.5. The molecule has 0 saturated carbocycles. The van der Waals surface area contributed by atoms with Crippen LogP contribution in [-0.4, -0.2) is 23.3 Å². The van der Waals surface area contributed by atoms with Gasteiger partial charge in [-0.25, -0.2) is 9.97 Å². The first kappa shape index (κ1) is 14.5. The predicted molar refractivity (Wildman–Crippen MR) is 80.2 cm³/mol. The molecular formula is C15H15N5O. The molecule has 6 heteroatoms. The molecule has 6 nitrogen and oxygen atoms in total. The van der Waals surface area contributed by atoms with Gasteiger partial charge in [0.05, 0.1) is 13.3 Å². The van der Waals surface area contributed by atoms with Gasteiger partial charge in [-0.3, -0.25) is 0 Å². The number of methoxy groups -OCH3 is 1. The van der Waals surface area contributed by atoms with Gasteiger partial charge in [0.2, 0.25) is 6.19 Å². The van der Waals surface area contributed by atoms with E-state index in [1.165, 1.54) is 0 Å². The van der Waals surface area contributed by atoms with Gasteiger partial charge in [-0.2, -0.15) is 10.4 Å². The minimum atomic E-state index is 0.264. The van der Waals surface area contributed by atoms with E-state index in [0.717, 1.165) is 27.7 Å². The minimum Gasteiger partial charge on any atom is -0.497 e. The second kappa shape index (κ2) is 6.48. The lowest BCUT2D eigenvalue weighted by Crippen LogP contribution is -2.13. The van der Waals surface area contributed by atoms with Crippen molar-refractivity contribution >= 4 is 12.2 Å². The third kappa shape index (κ3) is 3.76. The number of benzene rings is 1. The maximum absolute atomic E-state index is 9.18.